The van der Waals surface area contributed by atoms with Crippen LogP contribution >= 0.6 is 11.3 Å². The number of rotatable bonds is 5. The van der Waals surface area contributed by atoms with Crippen LogP contribution in [0.4, 0.5) is 0 Å². The quantitative estimate of drug-likeness (QED) is 0.774. The number of nitrogens with one attached hydrogen (secondary N) is 1. The van der Waals surface area contributed by atoms with Gasteiger partial charge < -0.3 is 0 Å². The van der Waals surface area contributed by atoms with Gasteiger partial charge in [0.05, 0.1) is 4.90 Å². The number of hydrogen-bond donors (Lipinski definition) is 1. The highest BCUT2D eigenvalue weighted by molar-refractivity contribution is 7.89. The smallest absolute Gasteiger partial charge is 0.240 e. The van der Waals surface area contributed by atoms with Crippen molar-refractivity contribution in [1.29, 1.82) is 0 Å². The van der Waals surface area contributed by atoms with Gasteiger partial charge in [-0.15, -0.1) is 21.5 Å². The Labute approximate surface area is 126 Å². The molecule has 1 aromatic carbocycles. The molecule has 0 unspecified atom stereocenters. The monoisotopic (exact) mass is 322 g/mol. The van der Waals surface area contributed by atoms with E-state index in [0.29, 0.717) is 17.9 Å². The van der Waals surface area contributed by atoms with E-state index in [2.05, 4.69) is 14.9 Å². The minimum absolute atomic E-state index is 0.324. The molecular formula is C13H14N4O2S2. The molecule has 0 aliphatic heterocycles. The summed E-state index contributed by atoms with van der Waals surface area (Å²) >= 11 is 1.49. The van der Waals surface area contributed by atoms with Crippen molar-refractivity contribution in [2.24, 2.45) is 0 Å². The fourth-order valence-electron chi connectivity index (χ4n) is 2.11. The summed E-state index contributed by atoms with van der Waals surface area (Å²) in [6.45, 7) is 2.12. The van der Waals surface area contributed by atoms with Crippen LogP contribution in [0.3, 0.4) is 0 Å². The topological polar surface area (TPSA) is 76.4 Å². The van der Waals surface area contributed by atoms with Crippen LogP contribution in [-0.2, 0) is 16.4 Å². The SMILES string of the molecule is Cc1ccccc1S(=O)(=O)NCCc1csc2nncn12. The van der Waals surface area contributed by atoms with Crippen LogP contribution in [0.5, 0.6) is 0 Å². The van der Waals surface area contributed by atoms with Gasteiger partial charge in [0.2, 0.25) is 15.0 Å². The molecule has 3 rings (SSSR count). The zero-order valence-electron chi connectivity index (χ0n) is 11.4. The molecule has 110 valence electrons. The molecular weight excluding hydrogens is 308 g/mol. The second-order valence-corrected chi connectivity index (χ2v) is 7.20. The summed E-state index contributed by atoms with van der Waals surface area (Å²) in [4.78, 5) is 1.14. The van der Waals surface area contributed by atoms with Gasteiger partial charge in [0, 0.05) is 24.0 Å². The zero-order valence-corrected chi connectivity index (χ0v) is 13.0. The average molecular weight is 322 g/mol. The highest BCUT2D eigenvalue weighted by Crippen LogP contribution is 2.15. The standard InChI is InChI=1S/C13H14N4O2S2/c1-10-4-2-3-5-12(10)21(18,19)15-7-6-11-8-20-13-16-14-9-17(11)13/h2-5,8-9,15H,6-7H2,1H3. The number of sulfonamides is 1. The summed E-state index contributed by atoms with van der Waals surface area (Å²) < 4.78 is 29.0. The van der Waals surface area contributed by atoms with Crippen molar-refractivity contribution in [2.75, 3.05) is 6.54 Å². The summed E-state index contributed by atoms with van der Waals surface area (Å²) in [7, 11) is -3.47. The third-order valence-corrected chi connectivity index (χ3v) is 5.68. The molecule has 0 atom stereocenters. The van der Waals surface area contributed by atoms with Gasteiger partial charge >= 0.3 is 0 Å². The minimum atomic E-state index is -3.47. The molecule has 0 bridgehead atoms. The summed E-state index contributed by atoms with van der Waals surface area (Å²) in [6.07, 6.45) is 2.22. The van der Waals surface area contributed by atoms with Gasteiger partial charge in [0.15, 0.2) is 0 Å². The third-order valence-electron chi connectivity index (χ3n) is 3.18. The number of fused-ring (bicyclic) bond motifs is 1. The van der Waals surface area contributed by atoms with Crippen molar-refractivity contribution in [3.05, 3.63) is 47.2 Å². The molecule has 3 aromatic rings. The van der Waals surface area contributed by atoms with E-state index in [1.807, 2.05) is 15.8 Å². The number of nitrogens with zero attached hydrogens (tertiary/aromatic N) is 3. The Morgan fingerprint density at radius 3 is 2.95 bits per heavy atom. The Hall–Kier alpha value is -1.77. The highest BCUT2D eigenvalue weighted by atomic mass is 32.2. The van der Waals surface area contributed by atoms with E-state index >= 15 is 0 Å². The minimum Gasteiger partial charge on any atom is -0.276 e. The highest BCUT2D eigenvalue weighted by Gasteiger charge is 2.15. The van der Waals surface area contributed by atoms with Crippen molar-refractivity contribution in [1.82, 2.24) is 19.3 Å². The van der Waals surface area contributed by atoms with Gasteiger partial charge in [-0.05, 0) is 18.6 Å². The van der Waals surface area contributed by atoms with Crippen LogP contribution in [0.2, 0.25) is 0 Å². The van der Waals surface area contributed by atoms with Crippen LogP contribution in [0, 0.1) is 6.92 Å². The molecule has 0 aliphatic carbocycles. The fraction of sp³-hybridized carbons (Fsp3) is 0.231. The number of thiazole rings is 1. The van der Waals surface area contributed by atoms with Crippen molar-refractivity contribution >= 4 is 26.3 Å². The first-order chi connectivity index (χ1) is 10.1. The maximum absolute atomic E-state index is 12.3. The second-order valence-electron chi connectivity index (χ2n) is 4.62. The molecule has 8 heteroatoms. The van der Waals surface area contributed by atoms with Crippen molar-refractivity contribution in [2.45, 2.75) is 18.2 Å². The van der Waals surface area contributed by atoms with E-state index < -0.39 is 10.0 Å². The Kier molecular flexibility index (Phi) is 3.75. The van der Waals surface area contributed by atoms with Gasteiger partial charge in [0.25, 0.3) is 0 Å². The summed E-state index contributed by atoms with van der Waals surface area (Å²) in [5.41, 5.74) is 1.73. The van der Waals surface area contributed by atoms with E-state index in [1.54, 1.807) is 31.5 Å². The molecule has 1 N–H and O–H groups in total. The van der Waals surface area contributed by atoms with Crippen LogP contribution < -0.4 is 4.72 Å². The van der Waals surface area contributed by atoms with Crippen molar-refractivity contribution < 1.29 is 8.42 Å². The zero-order chi connectivity index (χ0) is 14.9. The predicted octanol–water partition coefficient (Wildman–Crippen LogP) is 1.62. The molecule has 6 nitrogen and oxygen atoms in total. The van der Waals surface area contributed by atoms with Crippen LogP contribution in [0.25, 0.3) is 4.96 Å². The van der Waals surface area contributed by atoms with Gasteiger partial charge in [-0.1, -0.05) is 18.2 Å². The first kappa shape index (κ1) is 14.2. The molecule has 0 aliphatic rings. The maximum atomic E-state index is 12.3. The summed E-state index contributed by atoms with van der Waals surface area (Å²) in [5, 5.41) is 9.74. The van der Waals surface area contributed by atoms with Gasteiger partial charge in [-0.2, -0.15) is 0 Å². The Bertz CT molecular complexity index is 867. The van der Waals surface area contributed by atoms with E-state index in [-0.39, 0.29) is 0 Å². The summed E-state index contributed by atoms with van der Waals surface area (Å²) in [6, 6.07) is 6.94. The average Bonchev–Trinajstić information content (AvgIpc) is 3.03. The van der Waals surface area contributed by atoms with Gasteiger partial charge in [-0.3, -0.25) is 4.40 Å². The van der Waals surface area contributed by atoms with Crippen LogP contribution in [0.15, 0.2) is 40.9 Å². The first-order valence-electron chi connectivity index (χ1n) is 6.39. The molecule has 0 spiro atoms. The van der Waals surface area contributed by atoms with Gasteiger partial charge in [0.1, 0.15) is 6.33 Å². The first-order valence-corrected chi connectivity index (χ1v) is 8.75. The van der Waals surface area contributed by atoms with E-state index in [1.165, 1.54) is 11.3 Å². The molecule has 2 heterocycles. The largest absolute Gasteiger partial charge is 0.276 e. The lowest BCUT2D eigenvalue weighted by Crippen LogP contribution is -2.26. The third kappa shape index (κ3) is 2.82. The Morgan fingerprint density at radius 2 is 2.14 bits per heavy atom. The number of hydrogen-bond acceptors (Lipinski definition) is 5. The number of aromatic nitrogens is 3. The van der Waals surface area contributed by atoms with E-state index in [0.717, 1.165) is 16.2 Å². The lowest BCUT2D eigenvalue weighted by atomic mass is 10.2. The van der Waals surface area contributed by atoms with Gasteiger partial charge in [-0.25, -0.2) is 13.1 Å². The normalized spacial score (nSPS) is 12.0. The Balaban J connectivity index is 1.70. The molecule has 0 saturated carbocycles. The maximum Gasteiger partial charge on any atom is 0.240 e. The van der Waals surface area contributed by atoms with E-state index in [4.69, 9.17) is 0 Å². The summed E-state index contributed by atoms with van der Waals surface area (Å²) in [5.74, 6) is 0. The van der Waals surface area contributed by atoms with Crippen molar-refractivity contribution in [3.8, 4) is 0 Å². The fourth-order valence-corrected chi connectivity index (χ4v) is 4.23. The van der Waals surface area contributed by atoms with Crippen molar-refractivity contribution in [3.63, 3.8) is 0 Å². The Morgan fingerprint density at radius 1 is 1.33 bits per heavy atom. The number of aryl methyl sites for hydroxylation is 1. The molecule has 0 fully saturated rings. The molecule has 21 heavy (non-hydrogen) atoms. The second kappa shape index (κ2) is 5.55. The number of benzene rings is 1. The molecule has 0 amide bonds. The van der Waals surface area contributed by atoms with Crippen LogP contribution in [-0.4, -0.2) is 29.6 Å². The molecule has 2 aromatic heterocycles. The lowest BCUT2D eigenvalue weighted by molar-refractivity contribution is 0.580. The lowest BCUT2D eigenvalue weighted by Gasteiger charge is -2.08. The molecule has 0 saturated heterocycles. The predicted molar refractivity (Wildman–Crippen MR) is 80.9 cm³/mol. The molecule has 0 radical (unpaired) electrons. The van der Waals surface area contributed by atoms with E-state index in [9.17, 15) is 8.42 Å². The van der Waals surface area contributed by atoms with Crippen LogP contribution in [0.1, 0.15) is 11.3 Å².